The van der Waals surface area contributed by atoms with Crippen molar-refractivity contribution in [1.82, 2.24) is 5.01 Å². The number of nitrogens with zero attached hydrogens (tertiary/aromatic N) is 2. The molecule has 6 nitrogen and oxygen atoms in total. The molecule has 5 rings (SSSR count). The molecule has 3 aliphatic carbocycles. The summed E-state index contributed by atoms with van der Waals surface area (Å²) in [4.78, 5) is 25.5. The molecule has 1 heterocycles. The normalized spacial score (nSPS) is 29.6. The zero-order valence-electron chi connectivity index (χ0n) is 14.5. The van der Waals surface area contributed by atoms with Crippen LogP contribution in [0.2, 0.25) is 0 Å². The Kier molecular flexibility index (Phi) is 4.34. The minimum Gasteiger partial charge on any atom is -0.493 e. The lowest BCUT2D eigenvalue weighted by atomic mass is 9.63. The van der Waals surface area contributed by atoms with E-state index >= 15 is 0 Å². The summed E-state index contributed by atoms with van der Waals surface area (Å²) in [7, 11) is 3.11. The minimum atomic E-state index is -0.250. The number of fused-ring (bicyclic) bond motifs is 1. The molecular weight excluding hydrogens is 400 g/mol. The maximum atomic E-state index is 12.8. The summed E-state index contributed by atoms with van der Waals surface area (Å²) in [6.07, 6.45) is 7.65. The molecule has 1 saturated heterocycles. The van der Waals surface area contributed by atoms with Gasteiger partial charge in [-0.1, -0.05) is 12.2 Å². The molecule has 4 aliphatic rings. The lowest BCUT2D eigenvalue weighted by Crippen LogP contribution is -2.38. The average Bonchev–Trinajstić information content (AvgIpc) is 2.93. The summed E-state index contributed by atoms with van der Waals surface area (Å²) in [5.74, 6) is 0.574. The molecule has 4 unspecified atom stereocenters. The van der Waals surface area contributed by atoms with E-state index in [1.807, 2.05) is 0 Å². The number of hydrogen-bond donors (Lipinski definition) is 0. The molecule has 0 N–H and O–H groups in total. The van der Waals surface area contributed by atoms with Gasteiger partial charge in [-0.25, -0.2) is 0 Å². The summed E-state index contributed by atoms with van der Waals surface area (Å²) in [5, 5.41) is 5.27. The monoisotopic (exact) mass is 418 g/mol. The first-order valence-electron chi connectivity index (χ1n) is 8.56. The van der Waals surface area contributed by atoms with Gasteiger partial charge in [0.25, 0.3) is 11.8 Å². The number of methoxy groups -OCH3 is 2. The van der Waals surface area contributed by atoms with Crippen molar-refractivity contribution in [2.75, 3.05) is 14.2 Å². The maximum Gasteiger partial charge on any atom is 0.254 e. The number of hydrazone groups is 1. The second kappa shape index (κ2) is 6.54. The van der Waals surface area contributed by atoms with Gasteiger partial charge in [-0.2, -0.15) is 10.1 Å². The van der Waals surface area contributed by atoms with Crippen LogP contribution in [0.15, 0.2) is 33.9 Å². The fourth-order valence-corrected chi connectivity index (χ4v) is 4.93. The van der Waals surface area contributed by atoms with Gasteiger partial charge in [-0.3, -0.25) is 9.59 Å². The van der Waals surface area contributed by atoms with Gasteiger partial charge in [0.2, 0.25) is 0 Å². The molecule has 136 valence electrons. The molecule has 1 saturated carbocycles. The highest BCUT2D eigenvalue weighted by atomic mass is 79.9. The fraction of sp³-hybridized carbons (Fsp3) is 0.421. The largest absolute Gasteiger partial charge is 0.493 e. The van der Waals surface area contributed by atoms with Crippen molar-refractivity contribution in [2.24, 2.45) is 28.8 Å². The summed E-state index contributed by atoms with van der Waals surface area (Å²) in [6, 6.07) is 3.55. The zero-order valence-corrected chi connectivity index (χ0v) is 16.1. The van der Waals surface area contributed by atoms with Gasteiger partial charge < -0.3 is 9.47 Å². The molecule has 2 fully saturated rings. The molecule has 2 amide bonds. The molecule has 0 aromatic heterocycles. The number of halogens is 1. The van der Waals surface area contributed by atoms with Crippen molar-refractivity contribution < 1.29 is 19.1 Å². The van der Waals surface area contributed by atoms with Crippen molar-refractivity contribution in [2.45, 2.75) is 12.8 Å². The average molecular weight is 419 g/mol. The fourth-order valence-electron chi connectivity index (χ4n) is 4.31. The van der Waals surface area contributed by atoms with E-state index in [0.29, 0.717) is 21.5 Å². The summed E-state index contributed by atoms with van der Waals surface area (Å²) >= 11 is 3.43. The first-order valence-corrected chi connectivity index (χ1v) is 9.36. The van der Waals surface area contributed by atoms with Gasteiger partial charge in [0.15, 0.2) is 11.5 Å². The van der Waals surface area contributed by atoms with Crippen LogP contribution in [0.4, 0.5) is 0 Å². The van der Waals surface area contributed by atoms with Gasteiger partial charge in [0.1, 0.15) is 0 Å². The third kappa shape index (κ3) is 2.57. The number of ether oxygens (including phenoxy) is 2. The van der Waals surface area contributed by atoms with Gasteiger partial charge >= 0.3 is 0 Å². The number of carbonyl (C=O) groups excluding carboxylic acids is 2. The van der Waals surface area contributed by atoms with Crippen LogP contribution in [0, 0.1) is 23.7 Å². The predicted octanol–water partition coefficient (Wildman–Crippen LogP) is 3.00. The van der Waals surface area contributed by atoms with E-state index in [1.165, 1.54) is 6.21 Å². The van der Waals surface area contributed by atoms with Crippen LogP contribution in [0.3, 0.4) is 0 Å². The van der Waals surface area contributed by atoms with Gasteiger partial charge in [-0.05, 0) is 58.3 Å². The maximum absolute atomic E-state index is 12.8. The SMILES string of the molecule is COc1cc(C=NN2C(=O)C3C4C=CC(CC4)C3C2=O)cc(Br)c1OC. The molecule has 2 bridgehead atoms. The zero-order chi connectivity index (χ0) is 18.4. The van der Waals surface area contributed by atoms with E-state index in [9.17, 15) is 9.59 Å². The minimum absolute atomic E-state index is 0.164. The van der Waals surface area contributed by atoms with Crippen LogP contribution in [-0.4, -0.2) is 37.3 Å². The molecule has 26 heavy (non-hydrogen) atoms. The third-order valence-corrected chi connectivity index (χ3v) is 6.10. The van der Waals surface area contributed by atoms with Gasteiger partial charge in [-0.15, -0.1) is 0 Å². The Morgan fingerprint density at radius 1 is 1.08 bits per heavy atom. The number of carbonyl (C=O) groups is 2. The summed E-state index contributed by atoms with van der Waals surface area (Å²) in [5.41, 5.74) is 0.700. The Bertz CT molecular complexity index is 803. The van der Waals surface area contributed by atoms with E-state index in [1.54, 1.807) is 26.4 Å². The highest BCUT2D eigenvalue weighted by Gasteiger charge is 2.56. The Balaban J connectivity index is 1.61. The first kappa shape index (κ1) is 17.3. The lowest BCUT2D eigenvalue weighted by Gasteiger charge is -2.37. The van der Waals surface area contributed by atoms with Gasteiger partial charge in [0, 0.05) is 0 Å². The second-order valence-electron chi connectivity index (χ2n) is 6.81. The van der Waals surface area contributed by atoms with Crippen molar-refractivity contribution in [1.29, 1.82) is 0 Å². The predicted molar refractivity (Wildman–Crippen MR) is 99.0 cm³/mol. The van der Waals surface area contributed by atoms with Crippen molar-refractivity contribution >= 4 is 34.0 Å². The van der Waals surface area contributed by atoms with E-state index in [4.69, 9.17) is 9.47 Å². The topological polar surface area (TPSA) is 68.2 Å². The van der Waals surface area contributed by atoms with E-state index in [-0.39, 0.29) is 35.5 Å². The first-order chi connectivity index (χ1) is 12.5. The molecule has 0 spiro atoms. The molecule has 1 aromatic carbocycles. The number of hydrogen-bond acceptors (Lipinski definition) is 5. The lowest BCUT2D eigenvalue weighted by molar-refractivity contribution is -0.140. The number of allylic oxidation sites excluding steroid dienone is 2. The van der Waals surface area contributed by atoms with Crippen LogP contribution >= 0.6 is 15.9 Å². The van der Waals surface area contributed by atoms with Gasteiger partial charge in [0.05, 0.1) is 36.7 Å². The summed E-state index contributed by atoms with van der Waals surface area (Å²) < 4.78 is 11.3. The van der Waals surface area contributed by atoms with Crippen molar-refractivity contribution in [3.8, 4) is 11.5 Å². The van der Waals surface area contributed by atoms with Crippen molar-refractivity contribution in [3.05, 3.63) is 34.3 Å². The molecule has 4 atom stereocenters. The van der Waals surface area contributed by atoms with E-state index in [0.717, 1.165) is 17.9 Å². The molecule has 7 heteroatoms. The van der Waals surface area contributed by atoms with E-state index < -0.39 is 0 Å². The highest BCUT2D eigenvalue weighted by molar-refractivity contribution is 9.10. The molecule has 1 aromatic rings. The standard InChI is InChI=1S/C19H19BrN2O4/c1-25-14-8-10(7-13(20)17(14)26-2)9-21-22-18(23)15-11-3-4-12(6-5-11)16(15)19(22)24/h3-4,7-9,11-12,15-16H,5-6H2,1-2H3. The van der Waals surface area contributed by atoms with Crippen LogP contribution in [0.1, 0.15) is 18.4 Å². The molecule has 0 radical (unpaired) electrons. The Labute approximate surface area is 160 Å². The Morgan fingerprint density at radius 3 is 2.19 bits per heavy atom. The Hall–Kier alpha value is -2.15. The van der Waals surface area contributed by atoms with Crippen LogP contribution < -0.4 is 9.47 Å². The smallest absolute Gasteiger partial charge is 0.254 e. The van der Waals surface area contributed by atoms with Crippen LogP contribution in [-0.2, 0) is 9.59 Å². The number of amides is 2. The Morgan fingerprint density at radius 2 is 1.69 bits per heavy atom. The highest BCUT2D eigenvalue weighted by Crippen LogP contribution is 2.49. The number of benzene rings is 1. The van der Waals surface area contributed by atoms with Crippen molar-refractivity contribution in [3.63, 3.8) is 0 Å². The molecule has 1 aliphatic heterocycles. The van der Waals surface area contributed by atoms with Crippen LogP contribution in [0.5, 0.6) is 11.5 Å². The van der Waals surface area contributed by atoms with E-state index in [2.05, 4.69) is 33.2 Å². The molecular formula is C19H19BrN2O4. The summed E-state index contributed by atoms with van der Waals surface area (Å²) in [6.45, 7) is 0. The second-order valence-corrected chi connectivity index (χ2v) is 7.67. The quantitative estimate of drug-likeness (QED) is 0.428. The number of rotatable bonds is 4. The number of imide groups is 1. The third-order valence-electron chi connectivity index (χ3n) is 5.51. The van der Waals surface area contributed by atoms with Crippen LogP contribution in [0.25, 0.3) is 0 Å².